The van der Waals surface area contributed by atoms with Gasteiger partial charge in [0.2, 0.25) is 0 Å². The number of aromatic nitrogens is 2. The van der Waals surface area contributed by atoms with Gasteiger partial charge in [-0.25, -0.2) is 0 Å². The van der Waals surface area contributed by atoms with E-state index >= 15 is 0 Å². The zero-order valence-electron chi connectivity index (χ0n) is 12.6. The topological polar surface area (TPSA) is 44.2 Å². The highest BCUT2D eigenvalue weighted by Gasteiger charge is 2.12. The minimum atomic E-state index is 0. The Bertz CT molecular complexity index is 626. The van der Waals surface area contributed by atoms with Crippen LogP contribution in [0.25, 0.3) is 0 Å². The van der Waals surface area contributed by atoms with Crippen LogP contribution < -0.4 is 9.47 Å². The first-order valence-corrected chi connectivity index (χ1v) is 7.92. The number of hydrogen-bond donors (Lipinski definition) is 0. The lowest BCUT2D eigenvalue weighted by atomic mass is 10.2. The number of nitrogens with zero attached hydrogens (tertiary/aromatic N) is 2. The molecular weight excluding hydrogens is 343 g/mol. The van der Waals surface area contributed by atoms with Crippen LogP contribution in [-0.4, -0.2) is 24.2 Å². The molecular formula is C15H18Cl2N2O2S. The van der Waals surface area contributed by atoms with Gasteiger partial charge in [-0.2, -0.15) is 0 Å². The number of methoxy groups -OCH3 is 2. The van der Waals surface area contributed by atoms with E-state index in [1.165, 1.54) is 0 Å². The predicted octanol–water partition coefficient (Wildman–Crippen LogP) is 4.26. The molecule has 0 N–H and O–H groups in total. The molecule has 0 amide bonds. The van der Waals surface area contributed by atoms with Crippen LogP contribution in [0.3, 0.4) is 0 Å². The molecule has 120 valence electrons. The Hall–Kier alpha value is -1.17. The van der Waals surface area contributed by atoms with Crippen molar-refractivity contribution in [2.75, 3.05) is 14.2 Å². The third kappa shape index (κ3) is 4.18. The highest BCUT2D eigenvalue weighted by Crippen LogP contribution is 2.34. The number of halogens is 2. The van der Waals surface area contributed by atoms with Crippen molar-refractivity contribution in [3.05, 3.63) is 41.5 Å². The van der Waals surface area contributed by atoms with Gasteiger partial charge in [0.05, 0.1) is 31.5 Å². The average Bonchev–Trinajstić information content (AvgIpc) is 2.53. The molecule has 7 heteroatoms. The molecule has 0 atom stereocenters. The first-order valence-electron chi connectivity index (χ1n) is 6.40. The third-order valence-corrected chi connectivity index (χ3v) is 4.54. The summed E-state index contributed by atoms with van der Waals surface area (Å²) in [5.74, 6) is 2.47. The molecule has 0 radical (unpaired) electrons. The van der Waals surface area contributed by atoms with Crippen LogP contribution in [0.5, 0.6) is 11.5 Å². The highest BCUT2D eigenvalue weighted by atomic mass is 35.5. The van der Waals surface area contributed by atoms with Gasteiger partial charge in [-0.3, -0.25) is 9.97 Å². The van der Waals surface area contributed by atoms with E-state index < -0.39 is 0 Å². The van der Waals surface area contributed by atoms with Crippen molar-refractivity contribution in [2.45, 2.75) is 23.5 Å². The molecule has 0 spiro atoms. The van der Waals surface area contributed by atoms with Crippen molar-refractivity contribution >= 4 is 35.8 Å². The van der Waals surface area contributed by atoms with Gasteiger partial charge in [-0.15, -0.1) is 35.8 Å². The Morgan fingerprint density at radius 3 is 2.41 bits per heavy atom. The Labute approximate surface area is 146 Å². The fraction of sp³-hybridized carbons (Fsp3) is 0.333. The lowest BCUT2D eigenvalue weighted by Crippen LogP contribution is -1.98. The molecule has 0 fully saturated rings. The minimum absolute atomic E-state index is 0. The molecule has 0 bridgehead atoms. The molecule has 0 aliphatic heterocycles. The van der Waals surface area contributed by atoms with E-state index in [1.807, 2.05) is 13.0 Å². The van der Waals surface area contributed by atoms with Gasteiger partial charge in [-0.1, -0.05) is 0 Å². The van der Waals surface area contributed by atoms with E-state index in [1.54, 1.807) is 44.4 Å². The van der Waals surface area contributed by atoms with Gasteiger partial charge >= 0.3 is 0 Å². The SMILES string of the molecule is COc1ccnc(CSc2ccnc(CCl)c2C)c1OC.Cl. The highest BCUT2D eigenvalue weighted by molar-refractivity contribution is 7.98. The number of alkyl halides is 1. The van der Waals surface area contributed by atoms with Gasteiger partial charge in [0.15, 0.2) is 11.5 Å². The van der Waals surface area contributed by atoms with E-state index in [0.29, 0.717) is 23.1 Å². The second kappa shape index (κ2) is 9.08. The lowest BCUT2D eigenvalue weighted by molar-refractivity contribution is 0.350. The first kappa shape index (κ1) is 18.9. The fourth-order valence-corrected chi connectivity index (χ4v) is 3.21. The van der Waals surface area contributed by atoms with E-state index in [-0.39, 0.29) is 12.4 Å². The minimum Gasteiger partial charge on any atom is -0.493 e. The number of thioether (sulfide) groups is 1. The molecule has 0 aliphatic rings. The van der Waals surface area contributed by atoms with Gasteiger partial charge in [0.25, 0.3) is 0 Å². The molecule has 2 rings (SSSR count). The fourth-order valence-electron chi connectivity index (χ4n) is 1.95. The van der Waals surface area contributed by atoms with Crippen molar-refractivity contribution in [1.82, 2.24) is 9.97 Å². The molecule has 2 heterocycles. The summed E-state index contributed by atoms with van der Waals surface area (Å²) in [5, 5.41) is 0. The summed E-state index contributed by atoms with van der Waals surface area (Å²) >= 11 is 7.57. The Morgan fingerprint density at radius 1 is 1.09 bits per heavy atom. The Morgan fingerprint density at radius 2 is 1.77 bits per heavy atom. The summed E-state index contributed by atoms with van der Waals surface area (Å²) < 4.78 is 10.7. The van der Waals surface area contributed by atoms with Gasteiger partial charge < -0.3 is 9.47 Å². The maximum atomic E-state index is 5.89. The molecule has 4 nitrogen and oxygen atoms in total. The van der Waals surface area contributed by atoms with Crippen LogP contribution >= 0.6 is 35.8 Å². The van der Waals surface area contributed by atoms with Crippen LogP contribution in [0, 0.1) is 6.92 Å². The quantitative estimate of drug-likeness (QED) is 0.568. The van der Waals surface area contributed by atoms with Gasteiger partial charge in [0.1, 0.15) is 0 Å². The molecule has 2 aromatic rings. The molecule has 2 aromatic heterocycles. The zero-order chi connectivity index (χ0) is 15.2. The van der Waals surface area contributed by atoms with Crippen molar-refractivity contribution in [3.8, 4) is 11.5 Å². The number of hydrogen-bond acceptors (Lipinski definition) is 5. The summed E-state index contributed by atoms with van der Waals surface area (Å²) in [4.78, 5) is 9.79. The first-order chi connectivity index (χ1) is 10.2. The van der Waals surface area contributed by atoms with Crippen LogP contribution in [-0.2, 0) is 11.6 Å². The standard InChI is InChI=1S/C15H17ClN2O2S.ClH/c1-10-11(8-16)17-7-5-14(10)21-9-12-15(20-3)13(19-2)4-6-18-12;/h4-7H,8-9H2,1-3H3;1H. The number of pyridine rings is 2. The van der Waals surface area contributed by atoms with E-state index in [9.17, 15) is 0 Å². The average molecular weight is 361 g/mol. The molecule has 0 aliphatic carbocycles. The van der Waals surface area contributed by atoms with Crippen molar-refractivity contribution in [3.63, 3.8) is 0 Å². The maximum Gasteiger partial charge on any atom is 0.183 e. The summed E-state index contributed by atoms with van der Waals surface area (Å²) in [7, 11) is 3.24. The second-order valence-electron chi connectivity index (χ2n) is 4.30. The number of rotatable bonds is 6. The maximum absolute atomic E-state index is 5.89. The van der Waals surface area contributed by atoms with Crippen LogP contribution in [0.15, 0.2) is 29.4 Å². The normalized spacial score (nSPS) is 10.0. The van der Waals surface area contributed by atoms with E-state index in [4.69, 9.17) is 21.1 Å². The molecule has 0 aromatic carbocycles. The van der Waals surface area contributed by atoms with E-state index in [2.05, 4.69) is 9.97 Å². The van der Waals surface area contributed by atoms with Crippen molar-refractivity contribution in [2.24, 2.45) is 0 Å². The molecule has 0 unspecified atom stereocenters. The summed E-state index contributed by atoms with van der Waals surface area (Å²) in [5.41, 5.74) is 2.87. The van der Waals surface area contributed by atoms with E-state index in [0.717, 1.165) is 21.8 Å². The predicted molar refractivity (Wildman–Crippen MR) is 92.7 cm³/mol. The second-order valence-corrected chi connectivity index (χ2v) is 5.58. The summed E-state index contributed by atoms with van der Waals surface area (Å²) in [6, 6.07) is 3.78. The summed E-state index contributed by atoms with van der Waals surface area (Å²) in [6.45, 7) is 2.03. The van der Waals surface area contributed by atoms with Crippen LogP contribution in [0.2, 0.25) is 0 Å². The van der Waals surface area contributed by atoms with Crippen LogP contribution in [0.4, 0.5) is 0 Å². The molecule has 0 saturated carbocycles. The van der Waals surface area contributed by atoms with Crippen molar-refractivity contribution < 1.29 is 9.47 Å². The zero-order valence-corrected chi connectivity index (χ0v) is 15.0. The largest absolute Gasteiger partial charge is 0.493 e. The summed E-state index contributed by atoms with van der Waals surface area (Å²) in [6.07, 6.45) is 3.50. The van der Waals surface area contributed by atoms with Gasteiger partial charge in [-0.05, 0) is 18.6 Å². The molecule has 0 saturated heterocycles. The molecule has 22 heavy (non-hydrogen) atoms. The Balaban J connectivity index is 0.00000242. The van der Waals surface area contributed by atoms with Gasteiger partial charge in [0, 0.05) is 29.1 Å². The smallest absolute Gasteiger partial charge is 0.183 e. The Kier molecular flexibility index (Phi) is 7.79. The third-order valence-electron chi connectivity index (χ3n) is 3.12. The monoisotopic (exact) mass is 360 g/mol. The number of ether oxygens (including phenoxy) is 2. The lowest BCUT2D eigenvalue weighted by Gasteiger charge is -2.12. The van der Waals surface area contributed by atoms with Crippen LogP contribution in [0.1, 0.15) is 17.0 Å². The van der Waals surface area contributed by atoms with Crippen molar-refractivity contribution in [1.29, 1.82) is 0 Å².